The van der Waals surface area contributed by atoms with E-state index in [0.29, 0.717) is 24.6 Å². The highest BCUT2D eigenvalue weighted by atomic mass is 16.5. The summed E-state index contributed by atoms with van der Waals surface area (Å²) in [6, 6.07) is 1.83. The molecule has 0 fully saturated rings. The van der Waals surface area contributed by atoms with Gasteiger partial charge in [-0.1, -0.05) is 0 Å². The third kappa shape index (κ3) is 1.47. The molecule has 0 aliphatic carbocycles. The van der Waals surface area contributed by atoms with Crippen molar-refractivity contribution in [3.05, 3.63) is 23.5 Å². The van der Waals surface area contributed by atoms with Crippen molar-refractivity contribution in [2.24, 2.45) is 0 Å². The fourth-order valence-corrected chi connectivity index (χ4v) is 1.23. The molecule has 1 aromatic heterocycles. The molecule has 0 aromatic carbocycles. The first-order valence-electron chi connectivity index (χ1n) is 4.15. The lowest BCUT2D eigenvalue weighted by Crippen LogP contribution is -2.24. The number of hydrogen-bond acceptors (Lipinski definition) is 3. The van der Waals surface area contributed by atoms with Gasteiger partial charge in [-0.3, -0.25) is 4.79 Å². The van der Waals surface area contributed by atoms with Crippen molar-refractivity contribution in [3.8, 4) is 5.75 Å². The van der Waals surface area contributed by atoms with Crippen LogP contribution in [0, 0.1) is 6.92 Å². The van der Waals surface area contributed by atoms with Gasteiger partial charge in [0.15, 0.2) is 11.4 Å². The predicted octanol–water partition coefficient (Wildman–Crippen LogP) is 0.512. The van der Waals surface area contributed by atoms with Gasteiger partial charge in [-0.15, -0.1) is 0 Å². The standard InChI is InChI=1S/C9H10N2O2/c1-6-4-7-8(11-5-6)9(12)10-2-3-13-7/h4-5H,2-3H2,1H3,(H,10,12). The van der Waals surface area contributed by atoms with Gasteiger partial charge >= 0.3 is 0 Å². The highest BCUT2D eigenvalue weighted by Gasteiger charge is 2.17. The van der Waals surface area contributed by atoms with E-state index in [9.17, 15) is 4.79 Å². The van der Waals surface area contributed by atoms with Gasteiger partial charge < -0.3 is 10.1 Å². The summed E-state index contributed by atoms with van der Waals surface area (Å²) in [5.74, 6) is 0.419. The zero-order chi connectivity index (χ0) is 9.26. The zero-order valence-corrected chi connectivity index (χ0v) is 7.33. The van der Waals surface area contributed by atoms with Gasteiger partial charge in [0, 0.05) is 6.20 Å². The normalized spacial score (nSPS) is 15.3. The summed E-state index contributed by atoms with van der Waals surface area (Å²) in [6.07, 6.45) is 1.66. The van der Waals surface area contributed by atoms with Crippen LogP contribution in [-0.2, 0) is 0 Å². The van der Waals surface area contributed by atoms with Gasteiger partial charge in [0.25, 0.3) is 5.91 Å². The van der Waals surface area contributed by atoms with Crippen LogP contribution in [0.1, 0.15) is 16.1 Å². The molecule has 1 aliphatic heterocycles. The second-order valence-corrected chi connectivity index (χ2v) is 2.96. The van der Waals surface area contributed by atoms with Gasteiger partial charge in [0.2, 0.25) is 0 Å². The molecule has 4 nitrogen and oxygen atoms in total. The maximum absolute atomic E-state index is 11.4. The number of aryl methyl sites for hydroxylation is 1. The minimum atomic E-state index is -0.160. The topological polar surface area (TPSA) is 51.2 Å². The highest BCUT2D eigenvalue weighted by molar-refractivity contribution is 5.95. The van der Waals surface area contributed by atoms with Crippen molar-refractivity contribution in [3.63, 3.8) is 0 Å². The SMILES string of the molecule is Cc1cnc2c(c1)OCCNC2=O. The van der Waals surface area contributed by atoms with Crippen molar-refractivity contribution >= 4 is 5.91 Å². The average molecular weight is 178 g/mol. The number of aromatic nitrogens is 1. The first kappa shape index (κ1) is 8.04. The first-order valence-corrected chi connectivity index (χ1v) is 4.15. The van der Waals surface area contributed by atoms with Crippen LogP contribution in [-0.4, -0.2) is 24.0 Å². The summed E-state index contributed by atoms with van der Waals surface area (Å²) in [6.45, 7) is 2.96. The van der Waals surface area contributed by atoms with Crippen LogP contribution in [0.2, 0.25) is 0 Å². The monoisotopic (exact) mass is 178 g/mol. The molecule has 2 rings (SSSR count). The number of amides is 1. The van der Waals surface area contributed by atoms with Crippen molar-refractivity contribution in [2.75, 3.05) is 13.2 Å². The van der Waals surface area contributed by atoms with Crippen molar-refractivity contribution < 1.29 is 9.53 Å². The minimum Gasteiger partial charge on any atom is -0.489 e. The number of pyridine rings is 1. The molecule has 1 aliphatic rings. The van der Waals surface area contributed by atoms with E-state index < -0.39 is 0 Å². The molecule has 0 unspecified atom stereocenters. The summed E-state index contributed by atoms with van der Waals surface area (Å²) in [5, 5.41) is 2.69. The Balaban J connectivity index is 2.48. The summed E-state index contributed by atoms with van der Waals surface area (Å²) in [7, 11) is 0. The Bertz CT molecular complexity index is 349. The number of carbonyl (C=O) groups is 1. The Hall–Kier alpha value is -1.58. The lowest BCUT2D eigenvalue weighted by molar-refractivity contribution is 0.0952. The van der Waals surface area contributed by atoms with E-state index in [-0.39, 0.29) is 5.91 Å². The Morgan fingerprint density at radius 1 is 1.62 bits per heavy atom. The molecule has 0 atom stereocenters. The summed E-state index contributed by atoms with van der Waals surface area (Å²) >= 11 is 0. The Morgan fingerprint density at radius 2 is 2.46 bits per heavy atom. The van der Waals surface area contributed by atoms with E-state index in [1.807, 2.05) is 13.0 Å². The number of nitrogens with zero attached hydrogens (tertiary/aromatic N) is 1. The molecule has 0 spiro atoms. The fraction of sp³-hybridized carbons (Fsp3) is 0.333. The fourth-order valence-electron chi connectivity index (χ4n) is 1.23. The molecule has 0 saturated heterocycles. The number of nitrogens with one attached hydrogen (secondary N) is 1. The molecule has 68 valence electrons. The number of ether oxygens (including phenoxy) is 1. The van der Waals surface area contributed by atoms with Crippen LogP contribution in [0.3, 0.4) is 0 Å². The predicted molar refractivity (Wildman–Crippen MR) is 46.8 cm³/mol. The van der Waals surface area contributed by atoms with Gasteiger partial charge in [0.05, 0.1) is 6.54 Å². The molecular formula is C9H10N2O2. The molecule has 0 saturated carbocycles. The largest absolute Gasteiger partial charge is 0.489 e. The third-order valence-electron chi connectivity index (χ3n) is 1.85. The van der Waals surface area contributed by atoms with Crippen LogP contribution in [0.4, 0.5) is 0 Å². The van der Waals surface area contributed by atoms with E-state index >= 15 is 0 Å². The average Bonchev–Trinajstić information content (AvgIpc) is 2.28. The number of hydrogen-bond donors (Lipinski definition) is 1. The molecule has 1 aromatic rings. The molecule has 2 heterocycles. The van der Waals surface area contributed by atoms with Gasteiger partial charge in [-0.2, -0.15) is 0 Å². The van der Waals surface area contributed by atoms with Gasteiger partial charge in [0.1, 0.15) is 6.61 Å². The van der Waals surface area contributed by atoms with Gasteiger partial charge in [-0.25, -0.2) is 4.98 Å². The first-order chi connectivity index (χ1) is 6.27. The summed E-state index contributed by atoms with van der Waals surface area (Å²) < 4.78 is 5.35. The van der Waals surface area contributed by atoms with Crippen LogP contribution < -0.4 is 10.1 Å². The van der Waals surface area contributed by atoms with Crippen LogP contribution in [0.5, 0.6) is 5.75 Å². The minimum absolute atomic E-state index is 0.160. The van der Waals surface area contributed by atoms with Crippen molar-refractivity contribution in [1.82, 2.24) is 10.3 Å². The Kier molecular flexibility index (Phi) is 1.88. The quantitative estimate of drug-likeness (QED) is 0.629. The molecule has 1 amide bonds. The summed E-state index contributed by atoms with van der Waals surface area (Å²) in [4.78, 5) is 15.4. The van der Waals surface area contributed by atoms with Crippen LogP contribution in [0.15, 0.2) is 12.3 Å². The number of fused-ring (bicyclic) bond motifs is 1. The van der Waals surface area contributed by atoms with Crippen molar-refractivity contribution in [2.45, 2.75) is 6.92 Å². The molecule has 1 N–H and O–H groups in total. The Labute approximate surface area is 75.9 Å². The molecule has 0 bridgehead atoms. The van der Waals surface area contributed by atoms with E-state index in [1.165, 1.54) is 0 Å². The van der Waals surface area contributed by atoms with Crippen LogP contribution in [0.25, 0.3) is 0 Å². The van der Waals surface area contributed by atoms with E-state index in [1.54, 1.807) is 6.20 Å². The second kappa shape index (κ2) is 3.05. The van der Waals surface area contributed by atoms with E-state index in [4.69, 9.17) is 4.74 Å². The maximum Gasteiger partial charge on any atom is 0.273 e. The van der Waals surface area contributed by atoms with Gasteiger partial charge in [-0.05, 0) is 18.6 Å². The second-order valence-electron chi connectivity index (χ2n) is 2.96. The van der Waals surface area contributed by atoms with Crippen LogP contribution >= 0.6 is 0 Å². The van der Waals surface area contributed by atoms with E-state index in [2.05, 4.69) is 10.3 Å². The molecule has 13 heavy (non-hydrogen) atoms. The molecule has 0 radical (unpaired) electrons. The number of carbonyl (C=O) groups excluding carboxylic acids is 1. The highest BCUT2D eigenvalue weighted by Crippen LogP contribution is 2.18. The number of rotatable bonds is 0. The molecular weight excluding hydrogens is 168 g/mol. The Morgan fingerprint density at radius 3 is 3.31 bits per heavy atom. The third-order valence-corrected chi connectivity index (χ3v) is 1.85. The summed E-state index contributed by atoms with van der Waals surface area (Å²) in [5.41, 5.74) is 1.37. The molecule has 4 heteroatoms. The zero-order valence-electron chi connectivity index (χ0n) is 7.33. The maximum atomic E-state index is 11.4. The lowest BCUT2D eigenvalue weighted by Gasteiger charge is -2.04. The smallest absolute Gasteiger partial charge is 0.273 e. The van der Waals surface area contributed by atoms with E-state index in [0.717, 1.165) is 5.56 Å². The van der Waals surface area contributed by atoms with Crippen molar-refractivity contribution in [1.29, 1.82) is 0 Å². The lowest BCUT2D eigenvalue weighted by atomic mass is 10.2.